The Hall–Kier alpha value is -1.88. The van der Waals surface area contributed by atoms with Crippen LogP contribution in [-0.4, -0.2) is 54.2 Å². The van der Waals surface area contributed by atoms with E-state index in [2.05, 4.69) is 40.1 Å². The lowest BCUT2D eigenvalue weighted by atomic mass is 9.90. The van der Waals surface area contributed by atoms with Crippen LogP contribution in [0.3, 0.4) is 0 Å². The van der Waals surface area contributed by atoms with E-state index in [-0.39, 0.29) is 0 Å². The van der Waals surface area contributed by atoms with Gasteiger partial charge in [0.15, 0.2) is 0 Å². The molecule has 3 rings (SSSR count). The molecule has 0 amide bonds. The van der Waals surface area contributed by atoms with Gasteiger partial charge in [0.2, 0.25) is 0 Å². The number of benzene rings is 2. The third-order valence-electron chi connectivity index (χ3n) is 6.60. The van der Waals surface area contributed by atoms with Gasteiger partial charge in [0.25, 0.3) is 0 Å². The molecule has 0 aliphatic carbocycles. The Morgan fingerprint density at radius 1 is 0.871 bits per heavy atom. The molecule has 1 aliphatic rings. The topological polar surface area (TPSA) is 52.7 Å². The highest BCUT2D eigenvalue weighted by molar-refractivity contribution is 5.31. The van der Waals surface area contributed by atoms with E-state index in [1.165, 1.54) is 70.1 Å². The zero-order valence-corrected chi connectivity index (χ0v) is 19.1. The Morgan fingerprint density at radius 2 is 1.58 bits per heavy atom. The molecule has 31 heavy (non-hydrogen) atoms. The number of nitrogens with two attached hydrogens (primary N) is 1. The highest BCUT2D eigenvalue weighted by Crippen LogP contribution is 2.22. The van der Waals surface area contributed by atoms with E-state index in [9.17, 15) is 5.11 Å². The molecular formula is C27H41N3O. The van der Waals surface area contributed by atoms with Crippen LogP contribution in [0.4, 0.5) is 0 Å². The van der Waals surface area contributed by atoms with E-state index in [1.54, 1.807) is 6.07 Å². The minimum atomic E-state index is 0.386. The number of phenolic OH excluding ortho intramolecular Hbond substituents is 1. The Morgan fingerprint density at radius 3 is 2.32 bits per heavy atom. The highest BCUT2D eigenvalue weighted by Gasteiger charge is 2.19. The van der Waals surface area contributed by atoms with E-state index in [0.717, 1.165) is 31.1 Å². The zero-order valence-electron chi connectivity index (χ0n) is 19.1. The molecule has 0 atom stereocenters. The zero-order chi connectivity index (χ0) is 21.7. The molecule has 0 bridgehead atoms. The lowest BCUT2D eigenvalue weighted by Gasteiger charge is -2.32. The minimum absolute atomic E-state index is 0.386. The lowest BCUT2D eigenvalue weighted by molar-refractivity contribution is 0.180. The SMILES string of the molecule is NCCN(CCCCCCN1CCC(Cc2ccccc2)CC1)Cc1ccccc1O. The highest BCUT2D eigenvalue weighted by atomic mass is 16.3. The van der Waals surface area contributed by atoms with Crippen molar-refractivity contribution < 1.29 is 5.11 Å². The third-order valence-corrected chi connectivity index (χ3v) is 6.60. The molecule has 4 heteroatoms. The van der Waals surface area contributed by atoms with Gasteiger partial charge in [-0.05, 0) is 75.8 Å². The van der Waals surface area contributed by atoms with E-state index >= 15 is 0 Å². The van der Waals surface area contributed by atoms with Crippen LogP contribution in [0.15, 0.2) is 54.6 Å². The largest absolute Gasteiger partial charge is 0.508 e. The predicted molar refractivity (Wildman–Crippen MR) is 130 cm³/mol. The summed E-state index contributed by atoms with van der Waals surface area (Å²) in [5, 5.41) is 10.0. The summed E-state index contributed by atoms with van der Waals surface area (Å²) in [6.45, 7) is 7.16. The van der Waals surface area contributed by atoms with Crippen LogP contribution in [0, 0.1) is 5.92 Å². The number of hydrogen-bond acceptors (Lipinski definition) is 4. The molecule has 4 nitrogen and oxygen atoms in total. The third kappa shape index (κ3) is 8.64. The van der Waals surface area contributed by atoms with Crippen LogP contribution < -0.4 is 5.73 Å². The Labute approximate surface area is 189 Å². The number of phenols is 1. The summed E-state index contributed by atoms with van der Waals surface area (Å²) in [6, 6.07) is 18.6. The fourth-order valence-electron chi connectivity index (χ4n) is 4.72. The van der Waals surface area contributed by atoms with Gasteiger partial charge in [-0.25, -0.2) is 0 Å². The molecule has 1 heterocycles. The molecule has 1 saturated heterocycles. The molecule has 0 spiro atoms. The Balaban J connectivity index is 1.25. The van der Waals surface area contributed by atoms with Crippen molar-refractivity contribution in [1.29, 1.82) is 0 Å². The van der Waals surface area contributed by atoms with Crippen LogP contribution >= 0.6 is 0 Å². The number of aromatic hydroxyl groups is 1. The van der Waals surface area contributed by atoms with Crippen molar-refractivity contribution in [3.63, 3.8) is 0 Å². The summed E-state index contributed by atoms with van der Waals surface area (Å²) in [5.74, 6) is 1.24. The van der Waals surface area contributed by atoms with Crippen LogP contribution in [-0.2, 0) is 13.0 Å². The second-order valence-corrected chi connectivity index (χ2v) is 9.08. The van der Waals surface area contributed by atoms with Gasteiger partial charge in [-0.15, -0.1) is 0 Å². The van der Waals surface area contributed by atoms with Crippen molar-refractivity contribution in [2.24, 2.45) is 11.7 Å². The van der Waals surface area contributed by atoms with Crippen molar-refractivity contribution in [2.75, 3.05) is 39.3 Å². The summed E-state index contributed by atoms with van der Waals surface area (Å²) >= 11 is 0. The first-order valence-corrected chi connectivity index (χ1v) is 12.2. The van der Waals surface area contributed by atoms with Gasteiger partial charge in [0, 0.05) is 25.2 Å². The van der Waals surface area contributed by atoms with Crippen molar-refractivity contribution in [2.45, 2.75) is 51.5 Å². The number of unbranched alkanes of at least 4 members (excludes halogenated alkanes) is 3. The van der Waals surface area contributed by atoms with Gasteiger partial charge in [-0.2, -0.15) is 0 Å². The van der Waals surface area contributed by atoms with E-state index in [1.807, 2.05) is 18.2 Å². The first-order chi connectivity index (χ1) is 15.2. The maximum atomic E-state index is 10.0. The smallest absolute Gasteiger partial charge is 0.120 e. The monoisotopic (exact) mass is 423 g/mol. The molecule has 3 N–H and O–H groups in total. The summed E-state index contributed by atoms with van der Waals surface area (Å²) in [4.78, 5) is 5.03. The van der Waals surface area contributed by atoms with Crippen LogP contribution in [0.25, 0.3) is 0 Å². The molecule has 0 saturated carbocycles. The number of nitrogens with zero attached hydrogens (tertiary/aromatic N) is 2. The van der Waals surface area contributed by atoms with Crippen LogP contribution in [0.1, 0.15) is 49.7 Å². The van der Waals surface area contributed by atoms with E-state index < -0.39 is 0 Å². The predicted octanol–water partition coefficient (Wildman–Crippen LogP) is 4.67. The molecule has 2 aromatic rings. The molecule has 1 fully saturated rings. The second-order valence-electron chi connectivity index (χ2n) is 9.08. The van der Waals surface area contributed by atoms with Crippen molar-refractivity contribution in [1.82, 2.24) is 9.80 Å². The Bertz CT molecular complexity index is 728. The number of rotatable bonds is 13. The maximum Gasteiger partial charge on any atom is 0.120 e. The first kappa shape index (κ1) is 23.8. The summed E-state index contributed by atoms with van der Waals surface area (Å²) < 4.78 is 0. The quantitative estimate of drug-likeness (QED) is 0.460. The summed E-state index contributed by atoms with van der Waals surface area (Å²) in [5.41, 5.74) is 8.28. The van der Waals surface area contributed by atoms with Crippen molar-refractivity contribution in [3.05, 3.63) is 65.7 Å². The average Bonchev–Trinajstić information content (AvgIpc) is 2.79. The van der Waals surface area contributed by atoms with Gasteiger partial charge in [-0.3, -0.25) is 4.90 Å². The average molecular weight is 424 g/mol. The molecule has 2 aromatic carbocycles. The number of hydrogen-bond donors (Lipinski definition) is 2. The van der Waals surface area contributed by atoms with Crippen LogP contribution in [0.2, 0.25) is 0 Å². The van der Waals surface area contributed by atoms with Gasteiger partial charge in [-0.1, -0.05) is 61.4 Å². The Kier molecular flexibility index (Phi) is 10.4. The molecule has 0 aromatic heterocycles. The van der Waals surface area contributed by atoms with Gasteiger partial charge in [0.1, 0.15) is 5.75 Å². The fraction of sp³-hybridized carbons (Fsp3) is 0.556. The minimum Gasteiger partial charge on any atom is -0.508 e. The first-order valence-electron chi connectivity index (χ1n) is 12.2. The van der Waals surface area contributed by atoms with Gasteiger partial charge < -0.3 is 15.7 Å². The number of likely N-dealkylation sites (tertiary alicyclic amines) is 1. The van der Waals surface area contributed by atoms with E-state index in [0.29, 0.717) is 12.3 Å². The van der Waals surface area contributed by atoms with Crippen molar-refractivity contribution in [3.8, 4) is 5.75 Å². The molecule has 0 unspecified atom stereocenters. The second kappa shape index (κ2) is 13.5. The summed E-state index contributed by atoms with van der Waals surface area (Å²) in [7, 11) is 0. The van der Waals surface area contributed by atoms with Crippen LogP contribution in [0.5, 0.6) is 5.75 Å². The van der Waals surface area contributed by atoms with Gasteiger partial charge >= 0.3 is 0 Å². The number of para-hydroxylation sites is 1. The standard InChI is InChI=1S/C27H41N3O/c28-16-21-30(23-26-12-6-7-13-27(26)31)18-9-2-1-8-17-29-19-14-25(15-20-29)22-24-10-4-3-5-11-24/h3-7,10-13,25,31H,1-2,8-9,14-23,28H2. The van der Waals surface area contributed by atoms with E-state index in [4.69, 9.17) is 5.73 Å². The normalized spacial score (nSPS) is 15.5. The van der Waals surface area contributed by atoms with Gasteiger partial charge in [0.05, 0.1) is 0 Å². The molecular weight excluding hydrogens is 382 g/mol. The lowest BCUT2D eigenvalue weighted by Crippen LogP contribution is -2.35. The maximum absolute atomic E-state index is 10.0. The molecule has 1 aliphatic heterocycles. The number of piperidine rings is 1. The molecule has 170 valence electrons. The van der Waals surface area contributed by atoms with Crippen molar-refractivity contribution >= 4 is 0 Å². The summed E-state index contributed by atoms with van der Waals surface area (Å²) in [6.07, 6.45) is 9.01. The molecule has 0 radical (unpaired) electrons. The fourth-order valence-corrected chi connectivity index (χ4v) is 4.72.